The number of nitrogen functional groups attached to an aromatic ring is 1. The van der Waals surface area contributed by atoms with Gasteiger partial charge in [-0.15, -0.1) is 0 Å². The molecule has 0 spiro atoms. The molecule has 0 unspecified atom stereocenters. The third-order valence-electron chi connectivity index (χ3n) is 1.96. The Bertz CT molecular complexity index is 549. The molecule has 0 atom stereocenters. The fraction of sp³-hybridized carbons (Fsp3) is 0.111. The fourth-order valence-corrected chi connectivity index (χ4v) is 1.23. The second-order valence-electron chi connectivity index (χ2n) is 3.15. The van der Waals surface area contributed by atoms with Crippen molar-refractivity contribution in [1.29, 1.82) is 0 Å². The van der Waals surface area contributed by atoms with E-state index >= 15 is 0 Å². The van der Waals surface area contributed by atoms with Crippen molar-refractivity contribution in [2.45, 2.75) is 6.18 Å². The molecule has 0 radical (unpaired) electrons. The normalized spacial score (nSPS) is 11.8. The highest BCUT2D eigenvalue weighted by molar-refractivity contribution is 5.55. The summed E-state index contributed by atoms with van der Waals surface area (Å²) in [4.78, 5) is 3.54. The van der Waals surface area contributed by atoms with Crippen LogP contribution >= 0.6 is 0 Å². The Labute approximate surface area is 92.0 Å². The van der Waals surface area contributed by atoms with Crippen LogP contribution in [0.3, 0.4) is 0 Å². The number of benzene rings is 1. The van der Waals surface area contributed by atoms with E-state index < -0.39 is 17.6 Å². The zero-order valence-corrected chi connectivity index (χ0v) is 8.12. The van der Waals surface area contributed by atoms with E-state index in [1.54, 1.807) is 0 Å². The third-order valence-corrected chi connectivity index (χ3v) is 1.96. The van der Waals surface area contributed by atoms with Gasteiger partial charge in [0.15, 0.2) is 0 Å². The van der Waals surface area contributed by atoms with Gasteiger partial charge in [-0.25, -0.2) is 4.39 Å². The van der Waals surface area contributed by atoms with Crippen molar-refractivity contribution in [1.82, 2.24) is 10.1 Å². The van der Waals surface area contributed by atoms with Crippen LogP contribution in [-0.4, -0.2) is 10.1 Å². The van der Waals surface area contributed by atoms with Crippen LogP contribution in [0.25, 0.3) is 11.5 Å². The zero-order valence-electron chi connectivity index (χ0n) is 8.12. The van der Waals surface area contributed by atoms with Crippen LogP contribution in [0.1, 0.15) is 5.56 Å². The van der Waals surface area contributed by atoms with Gasteiger partial charge in [-0.3, -0.25) is 0 Å². The molecule has 17 heavy (non-hydrogen) atoms. The molecule has 2 aromatic rings. The fourth-order valence-electron chi connectivity index (χ4n) is 1.23. The number of nitrogens with zero attached hydrogens (tertiary/aromatic N) is 2. The lowest BCUT2D eigenvalue weighted by molar-refractivity contribution is -0.139. The van der Waals surface area contributed by atoms with Crippen LogP contribution in [0.2, 0.25) is 0 Å². The molecule has 0 bridgehead atoms. The molecule has 0 saturated heterocycles. The standard InChI is InChI=1S/C9H5F4N3O/c10-6-2-1-4(3-5(6)9(11,12)13)7-15-8(14)16-17-7/h1-3H,(H2,14,16). The SMILES string of the molecule is Nc1noc(-c2ccc(F)c(C(F)(F)F)c2)n1. The van der Waals surface area contributed by atoms with Crippen LogP contribution in [0, 0.1) is 5.82 Å². The van der Waals surface area contributed by atoms with E-state index in [1.165, 1.54) is 0 Å². The summed E-state index contributed by atoms with van der Waals surface area (Å²) in [6, 6.07) is 2.36. The lowest BCUT2D eigenvalue weighted by atomic mass is 10.1. The lowest BCUT2D eigenvalue weighted by Crippen LogP contribution is -2.08. The summed E-state index contributed by atoms with van der Waals surface area (Å²) in [6.07, 6.45) is -4.79. The molecule has 0 aliphatic rings. The van der Waals surface area contributed by atoms with Gasteiger partial charge in [0.1, 0.15) is 5.82 Å². The van der Waals surface area contributed by atoms with E-state index in [4.69, 9.17) is 5.73 Å². The van der Waals surface area contributed by atoms with Crippen molar-refractivity contribution in [2.24, 2.45) is 0 Å². The second kappa shape index (κ2) is 3.72. The average Bonchev–Trinajstić information content (AvgIpc) is 2.64. The quantitative estimate of drug-likeness (QED) is 0.786. The molecule has 0 saturated carbocycles. The Morgan fingerprint density at radius 1 is 1.24 bits per heavy atom. The number of aromatic nitrogens is 2. The Hall–Kier alpha value is -2.12. The summed E-state index contributed by atoms with van der Waals surface area (Å²) in [5, 5.41) is 3.22. The molecule has 0 aliphatic carbocycles. The summed E-state index contributed by atoms with van der Waals surface area (Å²) in [7, 11) is 0. The minimum Gasteiger partial charge on any atom is -0.365 e. The number of anilines is 1. The first-order chi connectivity index (χ1) is 7.88. The van der Waals surface area contributed by atoms with Crippen molar-refractivity contribution < 1.29 is 22.1 Å². The molecule has 1 aromatic heterocycles. The highest BCUT2D eigenvalue weighted by atomic mass is 19.4. The van der Waals surface area contributed by atoms with Gasteiger partial charge in [-0.05, 0) is 23.4 Å². The van der Waals surface area contributed by atoms with E-state index in [0.717, 1.165) is 6.07 Å². The van der Waals surface area contributed by atoms with Crippen LogP contribution in [0.5, 0.6) is 0 Å². The molecular formula is C9H5F4N3O. The molecule has 0 aliphatic heterocycles. The summed E-state index contributed by atoms with van der Waals surface area (Å²) in [5.74, 6) is -1.78. The summed E-state index contributed by atoms with van der Waals surface area (Å²) >= 11 is 0. The van der Waals surface area contributed by atoms with Gasteiger partial charge in [0.2, 0.25) is 0 Å². The van der Waals surface area contributed by atoms with Gasteiger partial charge in [0, 0.05) is 5.56 Å². The molecule has 2 rings (SSSR count). The minimum atomic E-state index is -4.79. The van der Waals surface area contributed by atoms with E-state index in [1.807, 2.05) is 0 Å². The maximum Gasteiger partial charge on any atom is 0.419 e. The topological polar surface area (TPSA) is 64.9 Å². The first kappa shape index (κ1) is 11.4. The molecule has 1 heterocycles. The average molecular weight is 247 g/mol. The van der Waals surface area contributed by atoms with Crippen molar-refractivity contribution in [3.8, 4) is 11.5 Å². The predicted molar refractivity (Wildman–Crippen MR) is 49.1 cm³/mol. The van der Waals surface area contributed by atoms with Crippen molar-refractivity contribution in [2.75, 3.05) is 5.73 Å². The molecule has 2 N–H and O–H groups in total. The Balaban J connectivity index is 2.51. The van der Waals surface area contributed by atoms with Crippen LogP contribution in [0.15, 0.2) is 22.7 Å². The highest BCUT2D eigenvalue weighted by Crippen LogP contribution is 2.33. The van der Waals surface area contributed by atoms with Crippen LogP contribution in [-0.2, 0) is 6.18 Å². The number of halogens is 4. The van der Waals surface area contributed by atoms with E-state index in [-0.39, 0.29) is 17.4 Å². The molecule has 90 valence electrons. The van der Waals surface area contributed by atoms with Crippen LogP contribution in [0.4, 0.5) is 23.5 Å². The summed E-state index contributed by atoms with van der Waals surface area (Å²) in [6.45, 7) is 0. The number of hydrogen-bond donors (Lipinski definition) is 1. The van der Waals surface area contributed by atoms with Gasteiger partial charge in [0.25, 0.3) is 11.8 Å². The molecule has 0 fully saturated rings. The predicted octanol–water partition coefficient (Wildman–Crippen LogP) is 2.48. The molecule has 8 heteroatoms. The monoisotopic (exact) mass is 247 g/mol. The number of hydrogen-bond acceptors (Lipinski definition) is 4. The molecule has 0 amide bonds. The van der Waals surface area contributed by atoms with E-state index in [9.17, 15) is 17.6 Å². The second-order valence-corrected chi connectivity index (χ2v) is 3.15. The first-order valence-electron chi connectivity index (χ1n) is 4.34. The highest BCUT2D eigenvalue weighted by Gasteiger charge is 2.34. The molecular weight excluding hydrogens is 242 g/mol. The maximum absolute atomic E-state index is 13.0. The number of nitrogens with two attached hydrogens (primary N) is 1. The third kappa shape index (κ3) is 2.19. The van der Waals surface area contributed by atoms with E-state index in [0.29, 0.717) is 12.1 Å². The van der Waals surface area contributed by atoms with Gasteiger partial charge >= 0.3 is 6.18 Å². The Morgan fingerprint density at radius 3 is 2.47 bits per heavy atom. The molecule has 1 aromatic carbocycles. The largest absolute Gasteiger partial charge is 0.419 e. The van der Waals surface area contributed by atoms with E-state index in [2.05, 4.69) is 14.7 Å². The molecule has 4 nitrogen and oxygen atoms in total. The lowest BCUT2D eigenvalue weighted by Gasteiger charge is -2.08. The Morgan fingerprint density at radius 2 is 1.94 bits per heavy atom. The number of rotatable bonds is 1. The summed E-state index contributed by atoms with van der Waals surface area (Å²) < 4.78 is 54.8. The van der Waals surface area contributed by atoms with Crippen molar-refractivity contribution in [3.63, 3.8) is 0 Å². The van der Waals surface area contributed by atoms with Crippen molar-refractivity contribution in [3.05, 3.63) is 29.6 Å². The van der Waals surface area contributed by atoms with Gasteiger partial charge in [-0.1, -0.05) is 0 Å². The van der Waals surface area contributed by atoms with Crippen molar-refractivity contribution >= 4 is 5.95 Å². The van der Waals surface area contributed by atoms with Gasteiger partial charge in [0.05, 0.1) is 5.56 Å². The zero-order chi connectivity index (χ0) is 12.6. The van der Waals surface area contributed by atoms with Gasteiger partial charge < -0.3 is 10.3 Å². The first-order valence-corrected chi connectivity index (χ1v) is 4.34. The number of alkyl halides is 3. The smallest absolute Gasteiger partial charge is 0.365 e. The van der Waals surface area contributed by atoms with Gasteiger partial charge in [-0.2, -0.15) is 18.2 Å². The Kier molecular flexibility index (Phi) is 2.49. The maximum atomic E-state index is 13.0. The summed E-state index contributed by atoms with van der Waals surface area (Å²) in [5.41, 5.74) is 3.71. The minimum absolute atomic E-state index is 0.0528. The van der Waals surface area contributed by atoms with Crippen LogP contribution < -0.4 is 5.73 Å².